The fourth-order valence-electron chi connectivity index (χ4n) is 3.99. The first-order chi connectivity index (χ1) is 16.0. The second kappa shape index (κ2) is 10.6. The van der Waals surface area contributed by atoms with Gasteiger partial charge in [-0.15, -0.1) is 0 Å². The van der Waals surface area contributed by atoms with Crippen molar-refractivity contribution in [3.05, 3.63) is 87.3 Å². The van der Waals surface area contributed by atoms with E-state index in [1.165, 1.54) is 25.5 Å². The van der Waals surface area contributed by atoms with Crippen LogP contribution in [0.3, 0.4) is 0 Å². The van der Waals surface area contributed by atoms with Crippen LogP contribution in [-0.2, 0) is 0 Å². The summed E-state index contributed by atoms with van der Waals surface area (Å²) in [5, 5.41) is 16.8. The largest absolute Gasteiger partial charge is 0.387 e. The minimum Gasteiger partial charge on any atom is -0.387 e. The number of nitrogens with one attached hydrogen (secondary N) is 3. The molecule has 4 rings (SSSR count). The molecule has 0 radical (unpaired) electrons. The number of rotatable bonds is 7. The van der Waals surface area contributed by atoms with Crippen LogP contribution in [0.15, 0.2) is 65.6 Å². The van der Waals surface area contributed by atoms with Gasteiger partial charge < -0.3 is 25.6 Å². The number of aliphatic hydroxyl groups excluding tert-OH is 1. The first-order valence-corrected chi connectivity index (χ1v) is 11.4. The number of benzene rings is 2. The maximum absolute atomic E-state index is 12.9. The van der Waals surface area contributed by atoms with Gasteiger partial charge >= 0.3 is 0 Å². The molecule has 0 spiro atoms. The van der Waals surface area contributed by atoms with Crippen LogP contribution in [0.5, 0.6) is 0 Å². The molecular formula is C25H27ClN4O3. The summed E-state index contributed by atoms with van der Waals surface area (Å²) in [5.74, 6) is -0.526. The van der Waals surface area contributed by atoms with E-state index in [1.807, 2.05) is 24.3 Å². The zero-order chi connectivity index (χ0) is 23.2. The van der Waals surface area contributed by atoms with Gasteiger partial charge in [-0.25, -0.2) is 0 Å². The second-order valence-corrected chi connectivity index (χ2v) is 8.53. The van der Waals surface area contributed by atoms with E-state index in [0.717, 1.165) is 18.8 Å². The molecule has 8 heteroatoms. The molecule has 1 aliphatic rings. The maximum atomic E-state index is 12.9. The Hall–Kier alpha value is -3.29. The zero-order valence-electron chi connectivity index (χ0n) is 18.2. The van der Waals surface area contributed by atoms with Gasteiger partial charge in [-0.1, -0.05) is 23.7 Å². The summed E-state index contributed by atoms with van der Waals surface area (Å²) in [6, 6.07) is 16.2. The predicted molar refractivity (Wildman–Crippen MR) is 132 cm³/mol. The summed E-state index contributed by atoms with van der Waals surface area (Å²) < 4.78 is 0. The molecule has 2 heterocycles. The lowest BCUT2D eigenvalue weighted by Gasteiger charge is -2.28. The summed E-state index contributed by atoms with van der Waals surface area (Å²) in [4.78, 5) is 30.3. The number of carbonyl (C=O) groups is 1. The fourth-order valence-corrected chi connectivity index (χ4v) is 4.19. The number of piperidine rings is 1. The van der Waals surface area contributed by atoms with E-state index in [0.29, 0.717) is 22.0 Å². The molecule has 0 saturated carbocycles. The van der Waals surface area contributed by atoms with Gasteiger partial charge in [0.2, 0.25) is 0 Å². The normalized spacial score (nSPS) is 14.5. The summed E-state index contributed by atoms with van der Waals surface area (Å²) in [6.45, 7) is 2.19. The molecule has 3 aromatic rings. The molecule has 1 unspecified atom stereocenters. The third-order valence-electron chi connectivity index (χ3n) is 5.75. The van der Waals surface area contributed by atoms with Crippen molar-refractivity contribution in [3.8, 4) is 0 Å². The number of halogens is 1. The Morgan fingerprint density at radius 1 is 1.09 bits per heavy atom. The molecule has 4 N–H and O–H groups in total. The quantitative estimate of drug-likeness (QED) is 0.413. The van der Waals surface area contributed by atoms with Crippen LogP contribution in [-0.4, -0.2) is 35.6 Å². The average molecular weight is 467 g/mol. The zero-order valence-corrected chi connectivity index (χ0v) is 18.9. The lowest BCUT2D eigenvalue weighted by molar-refractivity contribution is 0.102. The fraction of sp³-hybridized carbons (Fsp3) is 0.280. The van der Waals surface area contributed by atoms with Crippen molar-refractivity contribution in [1.82, 2.24) is 4.98 Å². The molecule has 1 saturated heterocycles. The number of pyridine rings is 1. The van der Waals surface area contributed by atoms with Gasteiger partial charge in [-0.05, 0) is 67.3 Å². The highest BCUT2D eigenvalue weighted by Crippen LogP contribution is 2.23. The van der Waals surface area contributed by atoms with E-state index in [9.17, 15) is 14.7 Å². The summed E-state index contributed by atoms with van der Waals surface area (Å²) in [7, 11) is 0. The second-order valence-electron chi connectivity index (χ2n) is 8.10. The molecule has 1 atom stereocenters. The van der Waals surface area contributed by atoms with Gasteiger partial charge in [0.15, 0.2) is 0 Å². The monoisotopic (exact) mass is 466 g/mol. The number of carbonyl (C=O) groups excluding carboxylic acids is 1. The van der Waals surface area contributed by atoms with E-state index >= 15 is 0 Å². The number of nitrogens with zero attached hydrogens (tertiary/aromatic N) is 1. The molecular weight excluding hydrogens is 440 g/mol. The first kappa shape index (κ1) is 22.9. The molecule has 1 fully saturated rings. The Morgan fingerprint density at radius 3 is 2.58 bits per heavy atom. The van der Waals surface area contributed by atoms with E-state index in [4.69, 9.17) is 11.6 Å². The molecule has 1 aliphatic heterocycles. The van der Waals surface area contributed by atoms with Crippen molar-refractivity contribution in [2.75, 3.05) is 35.2 Å². The van der Waals surface area contributed by atoms with Gasteiger partial charge in [-0.3, -0.25) is 9.59 Å². The molecule has 33 heavy (non-hydrogen) atoms. The van der Waals surface area contributed by atoms with Gasteiger partial charge in [-0.2, -0.15) is 0 Å². The standard InChI is InChI=1S/C25H27ClN4O3/c26-18-6-4-5-17(15-18)22(31)16-28-21-11-12-27-24(32)23(21)25(33)29-19-7-9-20(10-8-19)30-13-2-1-3-14-30/h4-12,15,22,31H,1-3,13-14,16H2,(H,29,33)(H2,27,28,32). The number of anilines is 3. The highest BCUT2D eigenvalue weighted by molar-refractivity contribution is 6.30. The third kappa shape index (κ3) is 5.74. The Bertz CT molecular complexity index is 1160. The lowest BCUT2D eigenvalue weighted by Crippen LogP contribution is -2.29. The summed E-state index contributed by atoms with van der Waals surface area (Å²) in [6.07, 6.45) is 4.25. The van der Waals surface area contributed by atoms with Crippen LogP contribution in [0.2, 0.25) is 5.02 Å². The van der Waals surface area contributed by atoms with Gasteiger partial charge in [0.1, 0.15) is 5.56 Å². The minimum atomic E-state index is -0.860. The molecule has 1 aromatic heterocycles. The number of aromatic nitrogens is 1. The Balaban J connectivity index is 1.45. The number of aliphatic hydroxyl groups is 1. The van der Waals surface area contributed by atoms with Crippen molar-refractivity contribution < 1.29 is 9.90 Å². The van der Waals surface area contributed by atoms with E-state index in [1.54, 1.807) is 30.3 Å². The Kier molecular flexibility index (Phi) is 7.32. The molecule has 7 nitrogen and oxygen atoms in total. The van der Waals surface area contributed by atoms with Gasteiger partial charge in [0.05, 0.1) is 11.8 Å². The van der Waals surface area contributed by atoms with Crippen molar-refractivity contribution in [2.45, 2.75) is 25.4 Å². The minimum absolute atomic E-state index is 0.0455. The van der Waals surface area contributed by atoms with Gasteiger partial charge in [0.25, 0.3) is 11.5 Å². The van der Waals surface area contributed by atoms with Crippen LogP contribution in [0.1, 0.15) is 41.3 Å². The van der Waals surface area contributed by atoms with Crippen molar-refractivity contribution in [2.24, 2.45) is 0 Å². The van der Waals surface area contributed by atoms with E-state index in [2.05, 4.69) is 20.5 Å². The van der Waals surface area contributed by atoms with Crippen LogP contribution in [0.25, 0.3) is 0 Å². The van der Waals surface area contributed by atoms with Crippen molar-refractivity contribution in [3.63, 3.8) is 0 Å². The smallest absolute Gasteiger partial charge is 0.263 e. The number of amides is 1. The summed E-state index contributed by atoms with van der Waals surface area (Å²) in [5.41, 5.74) is 2.15. The maximum Gasteiger partial charge on any atom is 0.263 e. The van der Waals surface area contributed by atoms with Crippen LogP contribution in [0, 0.1) is 0 Å². The number of hydrogen-bond donors (Lipinski definition) is 4. The molecule has 1 amide bonds. The number of hydrogen-bond acceptors (Lipinski definition) is 5. The number of H-pyrrole nitrogens is 1. The molecule has 172 valence electrons. The predicted octanol–water partition coefficient (Wildman–Crippen LogP) is 4.42. The SMILES string of the molecule is O=C(Nc1ccc(N2CCCCC2)cc1)c1c(NCC(O)c2cccc(Cl)c2)cc[nH]c1=O. The molecule has 0 bridgehead atoms. The highest BCUT2D eigenvalue weighted by atomic mass is 35.5. The van der Waals surface area contributed by atoms with Crippen LogP contribution >= 0.6 is 11.6 Å². The van der Waals surface area contributed by atoms with Crippen molar-refractivity contribution in [1.29, 1.82) is 0 Å². The molecule has 2 aromatic carbocycles. The third-order valence-corrected chi connectivity index (χ3v) is 5.99. The summed E-state index contributed by atoms with van der Waals surface area (Å²) >= 11 is 5.99. The van der Waals surface area contributed by atoms with Gasteiger partial charge in [0, 0.05) is 42.2 Å². The number of aromatic amines is 1. The Labute approximate surface area is 197 Å². The average Bonchev–Trinajstić information content (AvgIpc) is 2.83. The van der Waals surface area contributed by atoms with Crippen LogP contribution < -0.4 is 21.1 Å². The Morgan fingerprint density at radius 2 is 1.85 bits per heavy atom. The first-order valence-electron chi connectivity index (χ1n) is 11.1. The van der Waals surface area contributed by atoms with E-state index < -0.39 is 17.6 Å². The van der Waals surface area contributed by atoms with Crippen molar-refractivity contribution >= 4 is 34.6 Å². The topological polar surface area (TPSA) is 97.5 Å². The van der Waals surface area contributed by atoms with Crippen LogP contribution in [0.4, 0.5) is 17.1 Å². The molecule has 0 aliphatic carbocycles. The lowest BCUT2D eigenvalue weighted by atomic mass is 10.1. The van der Waals surface area contributed by atoms with E-state index in [-0.39, 0.29) is 12.1 Å². The highest BCUT2D eigenvalue weighted by Gasteiger charge is 2.18.